The summed E-state index contributed by atoms with van der Waals surface area (Å²) in [5.41, 5.74) is 0. The van der Waals surface area contributed by atoms with Crippen LogP contribution in [-0.4, -0.2) is 42.4 Å². The molecule has 0 unspecified atom stereocenters. The number of hydrogen-bond acceptors (Lipinski definition) is 2. The van der Waals surface area contributed by atoms with Crippen LogP contribution in [0.2, 0.25) is 0 Å². The minimum Gasteiger partial charge on any atom is -0.380 e. The van der Waals surface area contributed by atoms with Crippen LogP contribution in [0.3, 0.4) is 0 Å². The molecule has 0 aromatic rings. The summed E-state index contributed by atoms with van der Waals surface area (Å²) < 4.78 is 5.25. The van der Waals surface area contributed by atoms with Gasteiger partial charge in [0.2, 0.25) is 5.91 Å². The highest BCUT2D eigenvalue weighted by atomic mass is 79.9. The molecule has 3 nitrogen and oxygen atoms in total. The zero-order valence-electron chi connectivity index (χ0n) is 7.54. The van der Waals surface area contributed by atoms with E-state index in [2.05, 4.69) is 15.9 Å². The molecule has 4 heteroatoms. The van der Waals surface area contributed by atoms with Crippen LogP contribution in [0.15, 0.2) is 12.2 Å². The third kappa shape index (κ3) is 3.91. The topological polar surface area (TPSA) is 29.5 Å². The maximum absolute atomic E-state index is 11.5. The molecule has 74 valence electrons. The summed E-state index contributed by atoms with van der Waals surface area (Å²) in [7, 11) is 0. The number of carbonyl (C=O) groups excluding carboxylic acids is 1. The van der Waals surface area contributed by atoms with Crippen LogP contribution >= 0.6 is 15.9 Å². The molecule has 0 radical (unpaired) electrons. The summed E-state index contributed by atoms with van der Waals surface area (Å²) in [5, 5.41) is 0.725. The van der Waals surface area contributed by atoms with Crippen LogP contribution in [0.25, 0.3) is 0 Å². The number of allylic oxidation sites excluding steroid dienone is 1. The molecule has 0 aromatic carbocycles. The summed E-state index contributed by atoms with van der Waals surface area (Å²) in [6.45, 7) is 2.96. The zero-order chi connectivity index (χ0) is 9.52. The molecule has 13 heavy (non-hydrogen) atoms. The van der Waals surface area contributed by atoms with Gasteiger partial charge in [0.25, 0.3) is 0 Å². The Bertz CT molecular complexity index is 186. The highest BCUT2D eigenvalue weighted by molar-refractivity contribution is 9.09. The lowest BCUT2D eigenvalue weighted by Gasteiger charge is -2.16. The average Bonchev–Trinajstić information content (AvgIpc) is 2.42. The quantitative estimate of drug-likeness (QED) is 0.542. The first kappa shape index (κ1) is 10.7. The first-order valence-electron chi connectivity index (χ1n) is 4.44. The van der Waals surface area contributed by atoms with E-state index in [9.17, 15) is 4.79 Å². The first-order chi connectivity index (χ1) is 6.34. The van der Waals surface area contributed by atoms with E-state index < -0.39 is 0 Å². The number of ether oxygens (including phenoxy) is 1. The molecule has 1 rings (SSSR count). The summed E-state index contributed by atoms with van der Waals surface area (Å²) in [5.74, 6) is 0.0879. The fourth-order valence-corrected chi connectivity index (χ4v) is 1.40. The van der Waals surface area contributed by atoms with Crippen molar-refractivity contribution in [3.8, 4) is 0 Å². The Morgan fingerprint density at radius 1 is 1.46 bits per heavy atom. The lowest BCUT2D eigenvalue weighted by atomic mass is 10.3. The molecule has 0 saturated carbocycles. The molecule has 0 spiro atoms. The van der Waals surface area contributed by atoms with Crippen LogP contribution in [0, 0.1) is 0 Å². The van der Waals surface area contributed by atoms with Crippen LogP contribution in [0.5, 0.6) is 0 Å². The van der Waals surface area contributed by atoms with Crippen LogP contribution in [0.1, 0.15) is 6.42 Å². The standard InChI is InChI=1S/C9H14BrNO2/c10-4-1-3-9(12)11-5-2-7-13-8-6-11/h1,3H,2,4-8H2/b3-1+. The maximum atomic E-state index is 11.5. The predicted molar refractivity (Wildman–Crippen MR) is 55.0 cm³/mol. The van der Waals surface area contributed by atoms with Crippen molar-refractivity contribution in [1.82, 2.24) is 4.90 Å². The largest absolute Gasteiger partial charge is 0.380 e. The monoisotopic (exact) mass is 247 g/mol. The SMILES string of the molecule is O=C(/C=C/CBr)N1CCCOCC1. The van der Waals surface area contributed by atoms with E-state index in [1.54, 1.807) is 6.08 Å². The molecule has 0 N–H and O–H groups in total. The van der Waals surface area contributed by atoms with E-state index in [4.69, 9.17) is 4.74 Å². The smallest absolute Gasteiger partial charge is 0.246 e. The second-order valence-corrected chi connectivity index (χ2v) is 3.50. The van der Waals surface area contributed by atoms with Crippen molar-refractivity contribution in [3.63, 3.8) is 0 Å². The van der Waals surface area contributed by atoms with Gasteiger partial charge in [-0.3, -0.25) is 4.79 Å². The van der Waals surface area contributed by atoms with Crippen LogP contribution < -0.4 is 0 Å². The molecular weight excluding hydrogens is 234 g/mol. The molecule has 1 amide bonds. The lowest BCUT2D eigenvalue weighted by Crippen LogP contribution is -2.31. The van der Waals surface area contributed by atoms with Crippen molar-refractivity contribution >= 4 is 21.8 Å². The van der Waals surface area contributed by atoms with Gasteiger partial charge in [0.15, 0.2) is 0 Å². The minimum atomic E-state index is 0.0879. The number of halogens is 1. The van der Waals surface area contributed by atoms with Crippen molar-refractivity contribution in [2.45, 2.75) is 6.42 Å². The van der Waals surface area contributed by atoms with Gasteiger partial charge in [-0.15, -0.1) is 0 Å². The van der Waals surface area contributed by atoms with E-state index in [0.29, 0.717) is 13.2 Å². The normalized spacial score (nSPS) is 19.0. The van der Waals surface area contributed by atoms with Crippen LogP contribution in [0.4, 0.5) is 0 Å². The molecule has 1 aliphatic heterocycles. The minimum absolute atomic E-state index is 0.0879. The number of hydrogen-bond donors (Lipinski definition) is 0. The third-order valence-corrected chi connectivity index (χ3v) is 2.26. The van der Waals surface area contributed by atoms with Gasteiger partial charge in [0, 0.05) is 25.0 Å². The van der Waals surface area contributed by atoms with Crippen molar-refractivity contribution in [2.24, 2.45) is 0 Å². The molecule has 1 heterocycles. The Hall–Kier alpha value is -0.350. The van der Waals surface area contributed by atoms with E-state index in [0.717, 1.165) is 24.9 Å². The first-order valence-corrected chi connectivity index (χ1v) is 5.56. The van der Waals surface area contributed by atoms with Crippen LogP contribution in [-0.2, 0) is 9.53 Å². The van der Waals surface area contributed by atoms with Gasteiger partial charge in [-0.05, 0) is 12.5 Å². The number of amides is 1. The van der Waals surface area contributed by atoms with Crippen molar-refractivity contribution < 1.29 is 9.53 Å². The summed E-state index contributed by atoms with van der Waals surface area (Å²) in [6, 6.07) is 0. The number of carbonyl (C=O) groups is 1. The molecule has 0 atom stereocenters. The van der Waals surface area contributed by atoms with E-state index in [1.165, 1.54) is 0 Å². The van der Waals surface area contributed by atoms with Gasteiger partial charge in [-0.1, -0.05) is 22.0 Å². The maximum Gasteiger partial charge on any atom is 0.246 e. The third-order valence-electron chi connectivity index (χ3n) is 1.88. The van der Waals surface area contributed by atoms with Gasteiger partial charge in [-0.25, -0.2) is 0 Å². The molecule has 1 aliphatic rings. The fourth-order valence-electron chi connectivity index (χ4n) is 1.22. The van der Waals surface area contributed by atoms with Gasteiger partial charge in [0.05, 0.1) is 6.61 Å². The van der Waals surface area contributed by atoms with E-state index in [1.807, 2.05) is 11.0 Å². The molecule has 1 saturated heterocycles. The second kappa shape index (κ2) is 6.16. The zero-order valence-corrected chi connectivity index (χ0v) is 9.13. The number of alkyl halides is 1. The van der Waals surface area contributed by atoms with Crippen molar-refractivity contribution in [1.29, 1.82) is 0 Å². The number of nitrogens with zero attached hydrogens (tertiary/aromatic N) is 1. The van der Waals surface area contributed by atoms with Gasteiger partial charge in [0.1, 0.15) is 0 Å². The Kier molecular flexibility index (Phi) is 5.08. The average molecular weight is 248 g/mol. The summed E-state index contributed by atoms with van der Waals surface area (Å²) in [6.07, 6.45) is 4.36. The summed E-state index contributed by atoms with van der Waals surface area (Å²) >= 11 is 3.24. The Morgan fingerprint density at radius 3 is 3.08 bits per heavy atom. The van der Waals surface area contributed by atoms with Gasteiger partial charge >= 0.3 is 0 Å². The predicted octanol–water partition coefficient (Wildman–Crippen LogP) is 1.19. The molecule has 0 aromatic heterocycles. The molecular formula is C9H14BrNO2. The highest BCUT2D eigenvalue weighted by Gasteiger charge is 2.12. The lowest BCUT2D eigenvalue weighted by molar-refractivity contribution is -0.126. The van der Waals surface area contributed by atoms with E-state index in [-0.39, 0.29) is 5.91 Å². The van der Waals surface area contributed by atoms with Gasteiger partial charge < -0.3 is 9.64 Å². The molecule has 1 fully saturated rings. The van der Waals surface area contributed by atoms with E-state index >= 15 is 0 Å². The fraction of sp³-hybridized carbons (Fsp3) is 0.667. The Morgan fingerprint density at radius 2 is 2.31 bits per heavy atom. The highest BCUT2D eigenvalue weighted by Crippen LogP contribution is 2.00. The molecule has 0 bridgehead atoms. The van der Waals surface area contributed by atoms with Gasteiger partial charge in [-0.2, -0.15) is 0 Å². The Labute approximate surface area is 86.9 Å². The number of rotatable bonds is 2. The Balaban J connectivity index is 2.39. The summed E-state index contributed by atoms with van der Waals surface area (Å²) in [4.78, 5) is 13.3. The van der Waals surface area contributed by atoms with Crippen molar-refractivity contribution in [2.75, 3.05) is 31.6 Å². The van der Waals surface area contributed by atoms with Crippen molar-refractivity contribution in [3.05, 3.63) is 12.2 Å². The molecule has 0 aliphatic carbocycles. The second-order valence-electron chi connectivity index (χ2n) is 2.85.